The summed E-state index contributed by atoms with van der Waals surface area (Å²) in [7, 11) is 0. The van der Waals surface area contributed by atoms with Crippen LogP contribution in [0, 0.1) is 12.3 Å². The third-order valence-electron chi connectivity index (χ3n) is 2.36. The zero-order chi connectivity index (χ0) is 13.8. The quantitative estimate of drug-likeness (QED) is 0.824. The number of carboxylic acids is 1. The van der Waals surface area contributed by atoms with Crippen LogP contribution in [0.15, 0.2) is 41.0 Å². The third kappa shape index (κ3) is 2.82. The van der Waals surface area contributed by atoms with Crippen molar-refractivity contribution >= 4 is 17.6 Å². The molecule has 1 aromatic carbocycles. The smallest absolute Gasteiger partial charge is 0.338 e. The predicted molar refractivity (Wildman–Crippen MR) is 68.0 cm³/mol. The molecule has 5 heteroatoms. The number of benzene rings is 1. The highest BCUT2D eigenvalue weighted by atomic mass is 16.4. The molecule has 0 spiro atoms. The molecule has 0 fully saturated rings. The van der Waals surface area contributed by atoms with Crippen molar-refractivity contribution < 1.29 is 19.1 Å². The molecule has 1 heterocycles. The average Bonchev–Trinajstić information content (AvgIpc) is 2.89. The second-order valence-electron chi connectivity index (χ2n) is 3.68. The molecule has 19 heavy (non-hydrogen) atoms. The van der Waals surface area contributed by atoms with Crippen LogP contribution in [0.2, 0.25) is 0 Å². The monoisotopic (exact) mass is 255 g/mol. The summed E-state index contributed by atoms with van der Waals surface area (Å²) < 4.78 is 4.88. The number of hydrogen-bond donors (Lipinski definition) is 2. The lowest BCUT2D eigenvalue weighted by Gasteiger charge is -2.03. The van der Waals surface area contributed by atoms with Crippen LogP contribution >= 0.6 is 0 Å². The van der Waals surface area contributed by atoms with Crippen molar-refractivity contribution in [1.82, 2.24) is 0 Å². The second kappa shape index (κ2) is 5.10. The Morgan fingerprint density at radius 2 is 2.11 bits per heavy atom. The molecule has 2 rings (SSSR count). The highest BCUT2D eigenvalue weighted by Crippen LogP contribution is 2.13. The van der Waals surface area contributed by atoms with Crippen molar-refractivity contribution in [2.45, 2.75) is 0 Å². The normalized spacial score (nSPS) is 9.63. The van der Waals surface area contributed by atoms with Crippen molar-refractivity contribution in [3.05, 3.63) is 53.5 Å². The van der Waals surface area contributed by atoms with E-state index in [1.165, 1.54) is 0 Å². The van der Waals surface area contributed by atoms with E-state index in [2.05, 4.69) is 11.2 Å². The minimum absolute atomic E-state index is 0.0801. The lowest BCUT2D eigenvalue weighted by molar-refractivity contribution is 0.0696. The standard InChI is InChI=1S/C14H9NO4/c1-2-9-4-3-5-11(6-9)15-13(16)12-7-10(8-19-12)14(17)18/h1,3-8H,(H,15,16)(H,17,18). The van der Waals surface area contributed by atoms with Gasteiger partial charge >= 0.3 is 5.97 Å². The maximum absolute atomic E-state index is 11.8. The Balaban J connectivity index is 2.16. The Morgan fingerprint density at radius 3 is 2.74 bits per heavy atom. The molecule has 2 aromatic rings. The predicted octanol–water partition coefficient (Wildman–Crippen LogP) is 2.21. The van der Waals surface area contributed by atoms with Crippen LogP contribution in [0.4, 0.5) is 5.69 Å². The van der Waals surface area contributed by atoms with Crippen LogP contribution in [0.3, 0.4) is 0 Å². The van der Waals surface area contributed by atoms with Crippen LogP contribution in [-0.4, -0.2) is 17.0 Å². The molecule has 0 saturated carbocycles. The Morgan fingerprint density at radius 1 is 1.32 bits per heavy atom. The maximum Gasteiger partial charge on any atom is 0.338 e. The number of carbonyl (C=O) groups excluding carboxylic acids is 1. The Kier molecular flexibility index (Phi) is 3.35. The molecule has 0 bridgehead atoms. The van der Waals surface area contributed by atoms with Crippen LogP contribution in [0.25, 0.3) is 0 Å². The second-order valence-corrected chi connectivity index (χ2v) is 3.68. The number of anilines is 1. The first-order valence-corrected chi connectivity index (χ1v) is 5.30. The van der Waals surface area contributed by atoms with Gasteiger partial charge in [0.1, 0.15) is 6.26 Å². The molecular formula is C14H9NO4. The van der Waals surface area contributed by atoms with Crippen molar-refractivity contribution in [3.63, 3.8) is 0 Å². The number of furan rings is 1. The summed E-state index contributed by atoms with van der Waals surface area (Å²) in [6, 6.07) is 7.88. The van der Waals surface area contributed by atoms with Gasteiger partial charge in [0.2, 0.25) is 0 Å². The lowest BCUT2D eigenvalue weighted by Crippen LogP contribution is -2.11. The topological polar surface area (TPSA) is 79.5 Å². The highest BCUT2D eigenvalue weighted by molar-refractivity contribution is 6.03. The average molecular weight is 255 g/mol. The van der Waals surface area contributed by atoms with Crippen molar-refractivity contribution in [2.75, 3.05) is 5.32 Å². The first kappa shape index (κ1) is 12.5. The minimum Gasteiger partial charge on any atom is -0.478 e. The van der Waals surface area contributed by atoms with Crippen LogP contribution < -0.4 is 5.32 Å². The van der Waals surface area contributed by atoms with E-state index in [0.29, 0.717) is 11.3 Å². The fourth-order valence-corrected chi connectivity index (χ4v) is 1.45. The van der Waals surface area contributed by atoms with Crippen molar-refractivity contribution in [1.29, 1.82) is 0 Å². The summed E-state index contributed by atoms with van der Waals surface area (Å²) in [5.41, 5.74) is 1.06. The van der Waals surface area contributed by atoms with Gasteiger partial charge < -0.3 is 14.8 Å². The van der Waals surface area contributed by atoms with E-state index in [9.17, 15) is 9.59 Å². The van der Waals surface area contributed by atoms with Gasteiger partial charge in [-0.15, -0.1) is 6.42 Å². The summed E-state index contributed by atoms with van der Waals surface area (Å²) in [6.45, 7) is 0. The molecule has 2 N–H and O–H groups in total. The largest absolute Gasteiger partial charge is 0.478 e. The van der Waals surface area contributed by atoms with Gasteiger partial charge in [-0.1, -0.05) is 12.0 Å². The summed E-state index contributed by atoms with van der Waals surface area (Å²) in [6.07, 6.45) is 6.26. The van der Waals surface area contributed by atoms with E-state index < -0.39 is 11.9 Å². The maximum atomic E-state index is 11.8. The van der Waals surface area contributed by atoms with Gasteiger partial charge in [-0.05, 0) is 18.2 Å². The Labute approximate surface area is 108 Å². The summed E-state index contributed by atoms with van der Waals surface area (Å²) >= 11 is 0. The number of carboxylic acid groups (broad SMARTS) is 1. The first-order valence-electron chi connectivity index (χ1n) is 5.30. The molecule has 0 aliphatic heterocycles. The number of rotatable bonds is 3. The van der Waals surface area contributed by atoms with Gasteiger partial charge in [0.15, 0.2) is 5.76 Å². The molecule has 5 nitrogen and oxygen atoms in total. The zero-order valence-corrected chi connectivity index (χ0v) is 9.71. The van der Waals surface area contributed by atoms with Crippen LogP contribution in [0.1, 0.15) is 26.5 Å². The summed E-state index contributed by atoms with van der Waals surface area (Å²) in [4.78, 5) is 22.5. The van der Waals surface area contributed by atoms with Crippen molar-refractivity contribution in [2.24, 2.45) is 0 Å². The van der Waals surface area contributed by atoms with Crippen LogP contribution in [-0.2, 0) is 0 Å². The molecule has 0 unspecified atom stereocenters. The molecule has 0 aliphatic rings. The molecule has 1 aromatic heterocycles. The van der Waals surface area contributed by atoms with E-state index in [0.717, 1.165) is 12.3 Å². The molecular weight excluding hydrogens is 246 g/mol. The Hall–Kier alpha value is -3.00. The SMILES string of the molecule is C#Cc1cccc(NC(=O)c2cc(C(=O)O)co2)c1. The summed E-state index contributed by atoms with van der Waals surface area (Å²) in [5.74, 6) is 0.671. The Bertz CT molecular complexity index is 679. The number of aromatic carboxylic acids is 1. The van der Waals surface area contributed by atoms with E-state index >= 15 is 0 Å². The molecule has 94 valence electrons. The molecule has 0 aliphatic carbocycles. The molecule has 0 radical (unpaired) electrons. The van der Waals surface area contributed by atoms with Gasteiger partial charge in [-0.2, -0.15) is 0 Å². The fourth-order valence-electron chi connectivity index (χ4n) is 1.45. The van der Waals surface area contributed by atoms with E-state index in [1.807, 2.05) is 0 Å². The van der Waals surface area contributed by atoms with Gasteiger partial charge in [-0.25, -0.2) is 4.79 Å². The van der Waals surface area contributed by atoms with Gasteiger partial charge in [0.25, 0.3) is 5.91 Å². The number of amides is 1. The highest BCUT2D eigenvalue weighted by Gasteiger charge is 2.14. The number of hydrogen-bond acceptors (Lipinski definition) is 3. The lowest BCUT2D eigenvalue weighted by atomic mass is 10.2. The van der Waals surface area contributed by atoms with Gasteiger partial charge in [-0.3, -0.25) is 4.79 Å². The number of terminal acetylenes is 1. The molecule has 0 atom stereocenters. The zero-order valence-electron chi connectivity index (χ0n) is 9.71. The minimum atomic E-state index is -1.16. The van der Waals surface area contributed by atoms with E-state index in [1.54, 1.807) is 24.3 Å². The van der Waals surface area contributed by atoms with E-state index in [-0.39, 0.29) is 11.3 Å². The number of carbonyl (C=O) groups is 2. The molecule has 0 saturated heterocycles. The number of nitrogens with one attached hydrogen (secondary N) is 1. The van der Waals surface area contributed by atoms with Crippen LogP contribution in [0.5, 0.6) is 0 Å². The van der Waals surface area contributed by atoms with Gasteiger partial charge in [0, 0.05) is 17.3 Å². The first-order chi connectivity index (χ1) is 9.10. The fraction of sp³-hybridized carbons (Fsp3) is 0. The third-order valence-corrected chi connectivity index (χ3v) is 2.36. The molecule has 1 amide bonds. The van der Waals surface area contributed by atoms with Crippen molar-refractivity contribution in [3.8, 4) is 12.3 Å². The van der Waals surface area contributed by atoms with Gasteiger partial charge in [0.05, 0.1) is 5.56 Å². The van der Waals surface area contributed by atoms with E-state index in [4.69, 9.17) is 15.9 Å². The summed E-state index contributed by atoms with van der Waals surface area (Å²) in [5, 5.41) is 11.3.